The Hall–Kier alpha value is -3.60. The molecule has 0 spiro atoms. The van der Waals surface area contributed by atoms with Crippen LogP contribution in [0.15, 0.2) is 84.9 Å². The van der Waals surface area contributed by atoms with E-state index in [0.717, 1.165) is 29.5 Å². The van der Waals surface area contributed by atoms with Crippen LogP contribution in [0.2, 0.25) is 0 Å². The molecule has 1 aliphatic rings. The van der Waals surface area contributed by atoms with Crippen LogP contribution in [0, 0.1) is 0 Å². The summed E-state index contributed by atoms with van der Waals surface area (Å²) >= 11 is 0. The molecule has 0 saturated heterocycles. The van der Waals surface area contributed by atoms with Crippen LogP contribution >= 0.6 is 0 Å². The summed E-state index contributed by atoms with van der Waals surface area (Å²) in [5, 5.41) is 0. The molecular weight excluding hydrogens is 364 g/mol. The summed E-state index contributed by atoms with van der Waals surface area (Å²) in [6.07, 6.45) is 1.55. The van der Waals surface area contributed by atoms with Crippen LogP contribution < -0.4 is 15.6 Å². The number of para-hydroxylation sites is 1. The third-order valence-corrected chi connectivity index (χ3v) is 5.16. The summed E-state index contributed by atoms with van der Waals surface area (Å²) < 4.78 is 5.71. The zero-order chi connectivity index (χ0) is 20.1. The fraction of sp³-hybridized carbons (Fsp3) is 0.167. The van der Waals surface area contributed by atoms with Gasteiger partial charge in [0, 0.05) is 5.56 Å². The first kappa shape index (κ1) is 18.7. The second kappa shape index (κ2) is 8.19. The van der Waals surface area contributed by atoms with E-state index in [2.05, 4.69) is 10.9 Å². The lowest BCUT2D eigenvalue weighted by Gasteiger charge is -2.16. The SMILES string of the molecule is O=C(COc1ccccc1-c1ccccc1)NNC(=O)C1(c2ccccc2)CC1. The highest BCUT2D eigenvalue weighted by atomic mass is 16.5. The molecule has 5 nitrogen and oxygen atoms in total. The van der Waals surface area contributed by atoms with Crippen LogP contribution in [0.25, 0.3) is 11.1 Å². The lowest BCUT2D eigenvalue weighted by molar-refractivity contribution is -0.131. The number of hydrogen-bond acceptors (Lipinski definition) is 3. The predicted molar refractivity (Wildman–Crippen MR) is 111 cm³/mol. The van der Waals surface area contributed by atoms with Gasteiger partial charge in [0.15, 0.2) is 6.61 Å². The Bertz CT molecular complexity index is 999. The van der Waals surface area contributed by atoms with Crippen molar-refractivity contribution in [3.8, 4) is 16.9 Å². The molecule has 4 rings (SSSR count). The Labute approximate surface area is 169 Å². The first-order chi connectivity index (χ1) is 14.2. The van der Waals surface area contributed by atoms with Gasteiger partial charge in [0.2, 0.25) is 5.91 Å². The van der Waals surface area contributed by atoms with Gasteiger partial charge >= 0.3 is 0 Å². The van der Waals surface area contributed by atoms with E-state index in [-0.39, 0.29) is 12.5 Å². The number of carbonyl (C=O) groups excluding carboxylic acids is 2. The van der Waals surface area contributed by atoms with Gasteiger partial charge in [-0.15, -0.1) is 0 Å². The third kappa shape index (κ3) is 4.14. The summed E-state index contributed by atoms with van der Waals surface area (Å²) in [5.41, 5.74) is 7.37. The number of rotatable bonds is 6. The van der Waals surface area contributed by atoms with E-state index in [1.54, 1.807) is 0 Å². The van der Waals surface area contributed by atoms with Gasteiger partial charge in [-0.3, -0.25) is 20.4 Å². The second-order valence-electron chi connectivity index (χ2n) is 7.10. The summed E-state index contributed by atoms with van der Waals surface area (Å²) in [6, 6.07) is 27.0. The molecule has 5 heteroatoms. The minimum atomic E-state index is -0.532. The number of hydrazine groups is 1. The maximum Gasteiger partial charge on any atom is 0.276 e. The minimum Gasteiger partial charge on any atom is -0.483 e. The number of nitrogens with one attached hydrogen (secondary N) is 2. The van der Waals surface area contributed by atoms with Gasteiger partial charge in [0.25, 0.3) is 5.91 Å². The number of benzene rings is 3. The van der Waals surface area contributed by atoms with Crippen LogP contribution in [-0.4, -0.2) is 18.4 Å². The Morgan fingerprint density at radius 1 is 0.793 bits per heavy atom. The fourth-order valence-electron chi connectivity index (χ4n) is 3.40. The predicted octanol–water partition coefficient (Wildman–Crippen LogP) is 3.61. The smallest absolute Gasteiger partial charge is 0.276 e. The van der Waals surface area contributed by atoms with E-state index < -0.39 is 11.3 Å². The van der Waals surface area contributed by atoms with E-state index in [1.165, 1.54) is 0 Å². The molecule has 0 bridgehead atoms. The van der Waals surface area contributed by atoms with Gasteiger partial charge in [0.05, 0.1) is 5.41 Å². The highest BCUT2D eigenvalue weighted by molar-refractivity contribution is 5.92. The Kier molecular flexibility index (Phi) is 5.29. The van der Waals surface area contributed by atoms with Crippen molar-refractivity contribution < 1.29 is 14.3 Å². The molecule has 1 saturated carbocycles. The molecule has 0 atom stereocenters. The lowest BCUT2D eigenvalue weighted by atomic mass is 9.95. The molecule has 0 aliphatic heterocycles. The van der Waals surface area contributed by atoms with Crippen LogP contribution in [0.1, 0.15) is 18.4 Å². The highest BCUT2D eigenvalue weighted by Gasteiger charge is 2.51. The molecule has 2 amide bonds. The Morgan fingerprint density at radius 3 is 2.10 bits per heavy atom. The van der Waals surface area contributed by atoms with Crippen molar-refractivity contribution in [1.82, 2.24) is 10.9 Å². The van der Waals surface area contributed by atoms with E-state index in [1.807, 2.05) is 84.9 Å². The fourth-order valence-corrected chi connectivity index (χ4v) is 3.40. The minimum absolute atomic E-state index is 0.192. The van der Waals surface area contributed by atoms with Crippen molar-refractivity contribution in [2.75, 3.05) is 6.61 Å². The second-order valence-corrected chi connectivity index (χ2v) is 7.10. The molecule has 1 fully saturated rings. The first-order valence-corrected chi connectivity index (χ1v) is 9.61. The molecule has 0 radical (unpaired) electrons. The van der Waals surface area contributed by atoms with Crippen LogP contribution in [0.5, 0.6) is 5.75 Å². The number of hydrogen-bond donors (Lipinski definition) is 2. The maximum atomic E-state index is 12.6. The summed E-state index contributed by atoms with van der Waals surface area (Å²) in [5.74, 6) is 0.00920. The standard InChI is InChI=1S/C24H22N2O3/c27-22(25-26-23(28)24(15-16-24)19-11-5-2-6-12-19)17-29-21-14-8-7-13-20(21)18-9-3-1-4-10-18/h1-14H,15-17H2,(H,25,27)(H,26,28). The topological polar surface area (TPSA) is 67.4 Å². The number of carbonyl (C=O) groups is 2. The molecule has 1 aliphatic carbocycles. The molecule has 3 aromatic carbocycles. The zero-order valence-corrected chi connectivity index (χ0v) is 15.9. The largest absolute Gasteiger partial charge is 0.483 e. The summed E-state index contributed by atoms with van der Waals surface area (Å²) in [4.78, 5) is 24.8. The lowest BCUT2D eigenvalue weighted by Crippen LogP contribution is -2.48. The van der Waals surface area contributed by atoms with Crippen molar-refractivity contribution in [2.45, 2.75) is 18.3 Å². The molecular formula is C24H22N2O3. The normalized spacial score (nSPS) is 13.9. The van der Waals surface area contributed by atoms with Gasteiger partial charge in [-0.1, -0.05) is 78.9 Å². The van der Waals surface area contributed by atoms with Crippen LogP contribution in [0.4, 0.5) is 0 Å². The van der Waals surface area contributed by atoms with E-state index >= 15 is 0 Å². The molecule has 29 heavy (non-hydrogen) atoms. The molecule has 0 heterocycles. The van der Waals surface area contributed by atoms with Crippen molar-refractivity contribution in [3.05, 3.63) is 90.5 Å². The van der Waals surface area contributed by atoms with Gasteiger partial charge in [-0.2, -0.15) is 0 Å². The van der Waals surface area contributed by atoms with Crippen LogP contribution in [0.3, 0.4) is 0 Å². The van der Waals surface area contributed by atoms with E-state index in [9.17, 15) is 9.59 Å². The molecule has 2 N–H and O–H groups in total. The molecule has 0 aromatic heterocycles. The van der Waals surface area contributed by atoms with Crippen LogP contribution in [-0.2, 0) is 15.0 Å². The van der Waals surface area contributed by atoms with Crippen molar-refractivity contribution in [2.24, 2.45) is 0 Å². The number of ether oxygens (including phenoxy) is 1. The maximum absolute atomic E-state index is 12.6. The molecule has 146 valence electrons. The highest BCUT2D eigenvalue weighted by Crippen LogP contribution is 2.48. The van der Waals surface area contributed by atoms with E-state index in [4.69, 9.17) is 4.74 Å². The van der Waals surface area contributed by atoms with Gasteiger partial charge < -0.3 is 4.74 Å². The quantitative estimate of drug-likeness (QED) is 0.636. The van der Waals surface area contributed by atoms with E-state index in [0.29, 0.717) is 5.75 Å². The average molecular weight is 386 g/mol. The molecule has 3 aromatic rings. The molecule has 0 unspecified atom stereocenters. The Morgan fingerprint density at radius 2 is 1.41 bits per heavy atom. The first-order valence-electron chi connectivity index (χ1n) is 9.61. The Balaban J connectivity index is 1.33. The monoisotopic (exact) mass is 386 g/mol. The zero-order valence-electron chi connectivity index (χ0n) is 15.9. The van der Waals surface area contributed by atoms with Crippen molar-refractivity contribution in [1.29, 1.82) is 0 Å². The van der Waals surface area contributed by atoms with Crippen molar-refractivity contribution >= 4 is 11.8 Å². The van der Waals surface area contributed by atoms with Gasteiger partial charge in [-0.25, -0.2) is 0 Å². The van der Waals surface area contributed by atoms with Gasteiger partial charge in [0.1, 0.15) is 5.75 Å². The van der Waals surface area contributed by atoms with Crippen molar-refractivity contribution in [3.63, 3.8) is 0 Å². The van der Waals surface area contributed by atoms with Gasteiger partial charge in [-0.05, 0) is 30.0 Å². The average Bonchev–Trinajstić information content (AvgIpc) is 3.60. The summed E-state index contributed by atoms with van der Waals surface area (Å²) in [6.45, 7) is -0.192. The summed E-state index contributed by atoms with van der Waals surface area (Å²) in [7, 11) is 0. The number of amides is 2. The third-order valence-electron chi connectivity index (χ3n) is 5.16.